The zero-order valence-corrected chi connectivity index (χ0v) is 16.2. The maximum absolute atomic E-state index is 11.8. The number of nitrogens with one attached hydrogen (secondary N) is 2. The van der Waals surface area contributed by atoms with E-state index in [4.69, 9.17) is 21.1 Å². The number of carbonyl (C=O) groups excluding carboxylic acids is 1. The maximum atomic E-state index is 11.8. The van der Waals surface area contributed by atoms with Gasteiger partial charge in [0.05, 0.1) is 18.7 Å². The number of halogens is 2. The summed E-state index contributed by atoms with van der Waals surface area (Å²) in [6.45, 7) is 1.45. The van der Waals surface area contributed by atoms with Crippen molar-refractivity contribution in [1.29, 1.82) is 0 Å². The lowest BCUT2D eigenvalue weighted by Gasteiger charge is -2.10. The van der Waals surface area contributed by atoms with Crippen LogP contribution in [0.1, 0.15) is 12.0 Å². The quantitative estimate of drug-likeness (QED) is 0.615. The molecule has 0 unspecified atom stereocenters. The van der Waals surface area contributed by atoms with Gasteiger partial charge in [-0.15, -0.1) is 0 Å². The highest BCUT2D eigenvalue weighted by Crippen LogP contribution is 2.27. The van der Waals surface area contributed by atoms with Crippen LogP contribution in [0.2, 0.25) is 5.02 Å². The molecule has 0 saturated heterocycles. The molecule has 0 fully saturated rings. The van der Waals surface area contributed by atoms with Crippen molar-refractivity contribution in [2.45, 2.75) is 13.0 Å². The number of urea groups is 1. The molecule has 0 heterocycles. The lowest BCUT2D eigenvalue weighted by molar-refractivity contribution is 0.238. The number of rotatable bonds is 8. The Hall–Kier alpha value is -1.92. The fourth-order valence-corrected chi connectivity index (χ4v) is 2.76. The third-order valence-corrected chi connectivity index (χ3v) is 4.16. The molecule has 0 radical (unpaired) electrons. The maximum Gasteiger partial charge on any atom is 0.315 e. The molecule has 0 saturated carbocycles. The van der Waals surface area contributed by atoms with E-state index in [1.165, 1.54) is 0 Å². The predicted octanol–water partition coefficient (Wildman–Crippen LogP) is 4.38. The summed E-state index contributed by atoms with van der Waals surface area (Å²) in [7, 11) is 1.62. The Labute approximate surface area is 160 Å². The third-order valence-electron chi connectivity index (χ3n) is 3.37. The number of benzene rings is 2. The molecule has 0 aromatic heterocycles. The lowest BCUT2D eigenvalue weighted by Crippen LogP contribution is -2.35. The fraction of sp³-hybridized carbons (Fsp3) is 0.278. The SMILES string of the molecule is COc1ccc(CNC(=O)NCCCOc2ccc(Br)cc2Cl)cc1. The second kappa shape index (κ2) is 10.2. The molecule has 0 spiro atoms. The monoisotopic (exact) mass is 426 g/mol. The van der Waals surface area contributed by atoms with E-state index in [9.17, 15) is 4.79 Å². The van der Waals surface area contributed by atoms with Gasteiger partial charge in [-0.2, -0.15) is 0 Å². The van der Waals surface area contributed by atoms with Crippen molar-refractivity contribution in [2.75, 3.05) is 20.3 Å². The van der Waals surface area contributed by atoms with Crippen molar-refractivity contribution in [1.82, 2.24) is 10.6 Å². The minimum Gasteiger partial charge on any atom is -0.497 e. The Balaban J connectivity index is 1.60. The van der Waals surface area contributed by atoms with E-state index in [1.807, 2.05) is 30.3 Å². The summed E-state index contributed by atoms with van der Waals surface area (Å²) in [5.74, 6) is 1.42. The first-order valence-corrected chi connectivity index (χ1v) is 8.98. The van der Waals surface area contributed by atoms with E-state index >= 15 is 0 Å². The Kier molecular flexibility index (Phi) is 7.88. The summed E-state index contributed by atoms with van der Waals surface area (Å²) in [4.78, 5) is 11.8. The van der Waals surface area contributed by atoms with Crippen LogP contribution < -0.4 is 20.1 Å². The normalized spacial score (nSPS) is 10.2. The van der Waals surface area contributed by atoms with Crippen LogP contribution in [-0.2, 0) is 6.54 Å². The molecule has 134 valence electrons. The minimum absolute atomic E-state index is 0.211. The lowest BCUT2D eigenvalue weighted by atomic mass is 10.2. The first-order chi connectivity index (χ1) is 12.1. The van der Waals surface area contributed by atoms with Gasteiger partial charge in [0, 0.05) is 17.6 Å². The molecule has 0 atom stereocenters. The van der Waals surface area contributed by atoms with Gasteiger partial charge in [-0.05, 0) is 42.3 Å². The van der Waals surface area contributed by atoms with Gasteiger partial charge >= 0.3 is 6.03 Å². The van der Waals surface area contributed by atoms with Crippen LogP contribution in [-0.4, -0.2) is 26.3 Å². The first-order valence-electron chi connectivity index (χ1n) is 7.81. The zero-order valence-electron chi connectivity index (χ0n) is 13.9. The predicted molar refractivity (Wildman–Crippen MR) is 102 cm³/mol. The van der Waals surface area contributed by atoms with Crippen LogP contribution in [0.5, 0.6) is 11.5 Å². The Morgan fingerprint density at radius 3 is 2.60 bits per heavy atom. The van der Waals surface area contributed by atoms with Crippen LogP contribution in [0.3, 0.4) is 0 Å². The van der Waals surface area contributed by atoms with Gasteiger partial charge in [0.1, 0.15) is 11.5 Å². The minimum atomic E-state index is -0.211. The van der Waals surface area contributed by atoms with Gasteiger partial charge in [-0.1, -0.05) is 39.7 Å². The molecule has 0 aliphatic rings. The summed E-state index contributed by atoms with van der Waals surface area (Å²) < 4.78 is 11.6. The van der Waals surface area contributed by atoms with Gasteiger partial charge < -0.3 is 20.1 Å². The van der Waals surface area contributed by atoms with Gasteiger partial charge in [-0.3, -0.25) is 0 Å². The molecule has 0 aliphatic heterocycles. The molecule has 2 N–H and O–H groups in total. The van der Waals surface area contributed by atoms with E-state index in [1.54, 1.807) is 19.2 Å². The summed E-state index contributed by atoms with van der Waals surface area (Å²) in [5, 5.41) is 6.15. The largest absolute Gasteiger partial charge is 0.497 e. The third kappa shape index (κ3) is 6.84. The summed E-state index contributed by atoms with van der Waals surface area (Å²) >= 11 is 9.41. The summed E-state index contributed by atoms with van der Waals surface area (Å²) in [6, 6.07) is 12.8. The Morgan fingerprint density at radius 1 is 1.16 bits per heavy atom. The van der Waals surface area contributed by atoms with E-state index < -0.39 is 0 Å². The molecule has 7 heteroatoms. The molecular weight excluding hydrogens is 408 g/mol. The van der Waals surface area contributed by atoms with Crippen LogP contribution in [0, 0.1) is 0 Å². The van der Waals surface area contributed by atoms with Gasteiger partial charge in [0.15, 0.2) is 0 Å². The highest BCUT2D eigenvalue weighted by atomic mass is 79.9. The number of amides is 2. The molecular formula is C18H20BrClN2O3. The van der Waals surface area contributed by atoms with Gasteiger partial charge in [0.25, 0.3) is 0 Å². The smallest absolute Gasteiger partial charge is 0.315 e. The van der Waals surface area contributed by atoms with E-state index in [2.05, 4.69) is 26.6 Å². The summed E-state index contributed by atoms with van der Waals surface area (Å²) in [5.41, 5.74) is 1.00. The Bertz CT molecular complexity index is 695. The van der Waals surface area contributed by atoms with Gasteiger partial charge in [-0.25, -0.2) is 4.79 Å². The van der Waals surface area contributed by atoms with Crippen molar-refractivity contribution in [3.63, 3.8) is 0 Å². The highest BCUT2D eigenvalue weighted by molar-refractivity contribution is 9.10. The van der Waals surface area contributed by atoms with Crippen LogP contribution >= 0.6 is 27.5 Å². The van der Waals surface area contributed by atoms with Crippen LogP contribution in [0.25, 0.3) is 0 Å². The topological polar surface area (TPSA) is 59.6 Å². The average Bonchev–Trinajstić information content (AvgIpc) is 2.61. The molecule has 25 heavy (non-hydrogen) atoms. The number of hydrogen-bond donors (Lipinski definition) is 2. The van der Waals surface area contributed by atoms with Crippen molar-refractivity contribution >= 4 is 33.6 Å². The molecule has 2 amide bonds. The fourth-order valence-electron chi connectivity index (χ4n) is 2.04. The molecule has 0 bridgehead atoms. The molecule has 2 aromatic carbocycles. The van der Waals surface area contributed by atoms with E-state index in [0.717, 1.165) is 15.8 Å². The number of hydrogen-bond acceptors (Lipinski definition) is 3. The first kappa shape index (κ1) is 19.4. The second-order valence-corrected chi connectivity index (χ2v) is 6.56. The van der Waals surface area contributed by atoms with Gasteiger partial charge in [0.2, 0.25) is 0 Å². The zero-order chi connectivity index (χ0) is 18.1. The van der Waals surface area contributed by atoms with Crippen molar-refractivity contribution in [3.8, 4) is 11.5 Å². The average molecular weight is 428 g/mol. The molecule has 2 rings (SSSR count). The molecule has 2 aromatic rings. The number of methoxy groups -OCH3 is 1. The number of carbonyl (C=O) groups is 1. The van der Waals surface area contributed by atoms with Crippen molar-refractivity contribution < 1.29 is 14.3 Å². The molecule has 5 nitrogen and oxygen atoms in total. The standard InChI is InChI=1S/C18H20BrClN2O3/c1-24-15-6-3-13(4-7-15)12-22-18(23)21-9-2-10-25-17-8-5-14(19)11-16(17)20/h3-8,11H,2,9-10,12H2,1H3,(H2,21,22,23). The number of ether oxygens (including phenoxy) is 2. The van der Waals surface area contributed by atoms with E-state index in [-0.39, 0.29) is 6.03 Å². The highest BCUT2D eigenvalue weighted by Gasteiger charge is 2.03. The molecule has 0 aliphatic carbocycles. The van der Waals surface area contributed by atoms with E-state index in [0.29, 0.717) is 36.9 Å². The summed E-state index contributed by atoms with van der Waals surface area (Å²) in [6.07, 6.45) is 0.683. The van der Waals surface area contributed by atoms with Crippen molar-refractivity contribution in [3.05, 3.63) is 57.5 Å². The van der Waals surface area contributed by atoms with Crippen molar-refractivity contribution in [2.24, 2.45) is 0 Å². The second-order valence-electron chi connectivity index (χ2n) is 5.23. The Morgan fingerprint density at radius 2 is 1.92 bits per heavy atom. The van der Waals surface area contributed by atoms with Crippen LogP contribution in [0.4, 0.5) is 4.79 Å². The van der Waals surface area contributed by atoms with Crippen LogP contribution in [0.15, 0.2) is 46.9 Å².